The Morgan fingerprint density at radius 3 is 1.68 bits per heavy atom. The molecule has 0 saturated carbocycles. The van der Waals surface area contributed by atoms with Gasteiger partial charge < -0.3 is 9.47 Å². The van der Waals surface area contributed by atoms with Gasteiger partial charge in [0.2, 0.25) is 0 Å². The molecule has 2 nitrogen and oxygen atoms in total. The molecule has 0 aromatic heterocycles. The molecule has 0 atom stereocenters. The zero-order valence-corrected chi connectivity index (χ0v) is 11.6. The predicted molar refractivity (Wildman–Crippen MR) is 78.0 cm³/mol. The smallest absolute Gasteiger partial charge is 0.122 e. The van der Waals surface area contributed by atoms with Crippen LogP contribution in [0.2, 0.25) is 0 Å². The second-order valence-corrected chi connectivity index (χ2v) is 4.51. The second-order valence-electron chi connectivity index (χ2n) is 4.51. The van der Waals surface area contributed by atoms with Crippen molar-refractivity contribution in [2.75, 3.05) is 13.2 Å². The molecule has 0 amide bonds. The second kappa shape index (κ2) is 6.83. The first-order chi connectivity index (χ1) is 9.28. The van der Waals surface area contributed by atoms with Crippen molar-refractivity contribution in [1.82, 2.24) is 0 Å². The Bertz CT molecular complexity index is 486. The van der Waals surface area contributed by atoms with Crippen LogP contribution in [0.5, 0.6) is 11.5 Å². The average Bonchev–Trinajstić information content (AvgIpc) is 2.46. The van der Waals surface area contributed by atoms with E-state index in [2.05, 4.69) is 26.0 Å². The van der Waals surface area contributed by atoms with Crippen molar-refractivity contribution < 1.29 is 9.47 Å². The normalized spacial score (nSPS) is 10.2. The Balaban J connectivity index is 1.72. The van der Waals surface area contributed by atoms with Gasteiger partial charge in [0, 0.05) is 0 Å². The van der Waals surface area contributed by atoms with Crippen molar-refractivity contribution in [3.63, 3.8) is 0 Å². The standard InChI is InChI=1S/C17H20O2/c1-3-15-6-10-17(11-7-15)19-13-12-18-16-8-4-14(2)5-9-16/h4-11H,3,12-13H2,1-2H3. The van der Waals surface area contributed by atoms with Gasteiger partial charge in [0.25, 0.3) is 0 Å². The van der Waals surface area contributed by atoms with Crippen molar-refractivity contribution in [3.05, 3.63) is 59.7 Å². The highest BCUT2D eigenvalue weighted by molar-refractivity contribution is 5.27. The first-order valence-electron chi connectivity index (χ1n) is 6.69. The highest BCUT2D eigenvalue weighted by Gasteiger charge is 1.96. The zero-order chi connectivity index (χ0) is 13.5. The summed E-state index contributed by atoms with van der Waals surface area (Å²) in [5, 5.41) is 0. The summed E-state index contributed by atoms with van der Waals surface area (Å²) < 4.78 is 11.2. The van der Waals surface area contributed by atoms with Gasteiger partial charge >= 0.3 is 0 Å². The van der Waals surface area contributed by atoms with Crippen LogP contribution in [0.15, 0.2) is 48.5 Å². The number of benzene rings is 2. The van der Waals surface area contributed by atoms with Gasteiger partial charge in [-0.05, 0) is 43.2 Å². The molecule has 0 fully saturated rings. The van der Waals surface area contributed by atoms with Gasteiger partial charge in [-0.15, -0.1) is 0 Å². The molecule has 100 valence electrons. The van der Waals surface area contributed by atoms with E-state index in [0.717, 1.165) is 17.9 Å². The third-order valence-corrected chi connectivity index (χ3v) is 2.97. The molecule has 0 bridgehead atoms. The Morgan fingerprint density at radius 1 is 0.737 bits per heavy atom. The lowest BCUT2D eigenvalue weighted by Gasteiger charge is -2.09. The van der Waals surface area contributed by atoms with Crippen LogP contribution < -0.4 is 9.47 Å². The fraction of sp³-hybridized carbons (Fsp3) is 0.294. The highest BCUT2D eigenvalue weighted by atomic mass is 16.5. The maximum atomic E-state index is 5.63. The number of hydrogen-bond acceptors (Lipinski definition) is 2. The van der Waals surface area contributed by atoms with Crippen molar-refractivity contribution >= 4 is 0 Å². The number of hydrogen-bond donors (Lipinski definition) is 0. The molecular weight excluding hydrogens is 236 g/mol. The fourth-order valence-electron chi connectivity index (χ4n) is 1.77. The van der Waals surface area contributed by atoms with Crippen molar-refractivity contribution in [2.45, 2.75) is 20.3 Å². The largest absolute Gasteiger partial charge is 0.490 e. The van der Waals surface area contributed by atoms with Crippen LogP contribution in [0.25, 0.3) is 0 Å². The van der Waals surface area contributed by atoms with E-state index < -0.39 is 0 Å². The maximum absolute atomic E-state index is 5.63. The molecule has 2 aromatic carbocycles. The van der Waals surface area contributed by atoms with Crippen LogP contribution >= 0.6 is 0 Å². The summed E-state index contributed by atoms with van der Waals surface area (Å²) in [5.41, 5.74) is 2.56. The summed E-state index contributed by atoms with van der Waals surface area (Å²) in [5.74, 6) is 1.78. The summed E-state index contributed by atoms with van der Waals surface area (Å²) >= 11 is 0. The van der Waals surface area contributed by atoms with Crippen LogP contribution in [0.3, 0.4) is 0 Å². The lowest BCUT2D eigenvalue weighted by Crippen LogP contribution is -2.08. The third kappa shape index (κ3) is 4.32. The molecule has 19 heavy (non-hydrogen) atoms. The van der Waals surface area contributed by atoms with E-state index in [1.54, 1.807) is 0 Å². The van der Waals surface area contributed by atoms with E-state index in [1.165, 1.54) is 11.1 Å². The van der Waals surface area contributed by atoms with E-state index in [9.17, 15) is 0 Å². The van der Waals surface area contributed by atoms with Crippen molar-refractivity contribution in [1.29, 1.82) is 0 Å². The van der Waals surface area contributed by atoms with E-state index in [4.69, 9.17) is 9.47 Å². The van der Waals surface area contributed by atoms with Crippen LogP contribution in [0.1, 0.15) is 18.1 Å². The average molecular weight is 256 g/mol. The molecule has 0 spiro atoms. The summed E-state index contributed by atoms with van der Waals surface area (Å²) in [7, 11) is 0. The molecule has 0 N–H and O–H groups in total. The quantitative estimate of drug-likeness (QED) is 0.727. The molecule has 0 radical (unpaired) electrons. The lowest BCUT2D eigenvalue weighted by atomic mass is 10.2. The summed E-state index contributed by atoms with van der Waals surface area (Å²) in [6.45, 7) is 5.32. The number of ether oxygens (including phenoxy) is 2. The van der Waals surface area contributed by atoms with Crippen LogP contribution in [0, 0.1) is 6.92 Å². The first-order valence-corrected chi connectivity index (χ1v) is 6.69. The van der Waals surface area contributed by atoms with E-state index in [1.807, 2.05) is 36.4 Å². The van der Waals surface area contributed by atoms with Gasteiger partial charge in [-0.3, -0.25) is 0 Å². The minimum atomic E-state index is 0.554. The van der Waals surface area contributed by atoms with E-state index in [0.29, 0.717) is 13.2 Å². The van der Waals surface area contributed by atoms with Gasteiger partial charge in [0.15, 0.2) is 0 Å². The monoisotopic (exact) mass is 256 g/mol. The summed E-state index contributed by atoms with van der Waals surface area (Å²) in [6, 6.07) is 16.2. The minimum Gasteiger partial charge on any atom is -0.490 e. The molecule has 2 aromatic rings. The molecule has 2 rings (SSSR count). The maximum Gasteiger partial charge on any atom is 0.122 e. The predicted octanol–water partition coefficient (Wildman–Crippen LogP) is 4.02. The zero-order valence-electron chi connectivity index (χ0n) is 11.6. The van der Waals surface area contributed by atoms with Crippen molar-refractivity contribution in [3.8, 4) is 11.5 Å². The molecule has 0 aliphatic carbocycles. The Hall–Kier alpha value is -1.96. The van der Waals surface area contributed by atoms with E-state index in [-0.39, 0.29) is 0 Å². The molecule has 0 unspecified atom stereocenters. The molecular formula is C17H20O2. The molecule has 2 heteroatoms. The fourth-order valence-corrected chi connectivity index (χ4v) is 1.77. The molecule has 0 aliphatic rings. The highest BCUT2D eigenvalue weighted by Crippen LogP contribution is 2.13. The van der Waals surface area contributed by atoms with Gasteiger partial charge in [-0.25, -0.2) is 0 Å². The van der Waals surface area contributed by atoms with Gasteiger partial charge in [0.1, 0.15) is 24.7 Å². The van der Waals surface area contributed by atoms with Gasteiger partial charge in [-0.2, -0.15) is 0 Å². The number of rotatable bonds is 6. The molecule has 0 heterocycles. The Labute approximate surface area is 115 Å². The minimum absolute atomic E-state index is 0.554. The van der Waals surface area contributed by atoms with Gasteiger partial charge in [0.05, 0.1) is 0 Å². The summed E-state index contributed by atoms with van der Waals surface area (Å²) in [6.07, 6.45) is 1.05. The number of aryl methyl sites for hydroxylation is 2. The molecule has 0 saturated heterocycles. The van der Waals surface area contributed by atoms with Crippen LogP contribution in [-0.4, -0.2) is 13.2 Å². The van der Waals surface area contributed by atoms with Crippen LogP contribution in [0.4, 0.5) is 0 Å². The SMILES string of the molecule is CCc1ccc(OCCOc2ccc(C)cc2)cc1. The lowest BCUT2D eigenvalue weighted by molar-refractivity contribution is 0.217. The Kier molecular flexibility index (Phi) is 4.85. The van der Waals surface area contributed by atoms with Gasteiger partial charge in [-0.1, -0.05) is 36.8 Å². The Morgan fingerprint density at radius 2 is 1.21 bits per heavy atom. The molecule has 0 aliphatic heterocycles. The first kappa shape index (κ1) is 13.5. The summed E-state index contributed by atoms with van der Waals surface area (Å²) in [4.78, 5) is 0. The third-order valence-electron chi connectivity index (χ3n) is 2.97. The topological polar surface area (TPSA) is 18.5 Å². The van der Waals surface area contributed by atoms with E-state index >= 15 is 0 Å². The van der Waals surface area contributed by atoms with Crippen LogP contribution in [-0.2, 0) is 6.42 Å². The van der Waals surface area contributed by atoms with Crippen molar-refractivity contribution in [2.24, 2.45) is 0 Å².